The first-order valence-corrected chi connectivity index (χ1v) is 22.4. The summed E-state index contributed by atoms with van der Waals surface area (Å²) in [4.78, 5) is 46.6. The maximum absolute atomic E-state index is 14.3. The molecule has 4 fully saturated rings. The van der Waals surface area contributed by atoms with Crippen molar-refractivity contribution in [2.45, 2.75) is 154 Å². The van der Waals surface area contributed by atoms with E-state index in [9.17, 15) is 35.0 Å². The van der Waals surface area contributed by atoms with Crippen LogP contribution >= 0.6 is 0 Å². The first-order valence-electron chi connectivity index (χ1n) is 22.4. The molecule has 19 nitrogen and oxygen atoms in total. The minimum absolute atomic E-state index is 0.0417. The van der Waals surface area contributed by atoms with Gasteiger partial charge in [0, 0.05) is 74.6 Å². The standard InChI is InChI=1S/C44H67N7O12/c1-9-35-44(7,56)39(54)26(3)36(47-63-33-14-17-45-22-33)30-21-43(6,59-24-30)40(27(4)37(52)28(5)41(55)61-35)62-42-38(53)34(20-25(2)60-42)49(8)18-16-31-23-50(48-46-31)19-15-29-10-12-32(13-11-29)51(57)58/h10-13,23,25-28,30,33-35,38-40,42,45,53-54,56H,9,14-22,24H2,1-8H3/b47-36-/t25-,26+,27+,28-,30+,33-,34+,35-,38-,39-,40-,42+,43-,44-/m1/s1. The van der Waals surface area contributed by atoms with Crippen LogP contribution in [0.25, 0.3) is 0 Å². The molecule has 4 aliphatic heterocycles. The van der Waals surface area contributed by atoms with Gasteiger partial charge in [-0.05, 0) is 72.5 Å². The Morgan fingerprint density at radius 1 is 1.11 bits per heavy atom. The molecular weight excluding hydrogens is 819 g/mol. The van der Waals surface area contributed by atoms with E-state index in [-0.39, 0.29) is 37.3 Å². The molecule has 2 aromatic rings. The summed E-state index contributed by atoms with van der Waals surface area (Å²) in [6.07, 6.45) is -1.70. The number of rotatable bonds is 13. The summed E-state index contributed by atoms with van der Waals surface area (Å²) >= 11 is 0. The number of benzene rings is 1. The topological polar surface area (TPSA) is 242 Å². The summed E-state index contributed by atoms with van der Waals surface area (Å²) in [5, 5.41) is 63.1. The van der Waals surface area contributed by atoms with Crippen molar-refractivity contribution in [2.24, 2.45) is 28.8 Å². The third-order valence-electron chi connectivity index (χ3n) is 13.7. The lowest BCUT2D eigenvalue weighted by Crippen LogP contribution is -2.59. The number of nitro groups is 1. The molecular formula is C44H67N7O12. The number of aromatic nitrogens is 3. The molecule has 0 unspecified atom stereocenters. The highest BCUT2D eigenvalue weighted by Crippen LogP contribution is 2.43. The number of fused-ring (bicyclic) bond motifs is 2. The van der Waals surface area contributed by atoms with Crippen LogP contribution in [0.1, 0.15) is 85.4 Å². The van der Waals surface area contributed by atoms with Gasteiger partial charge in [-0.25, -0.2) is 0 Å². The van der Waals surface area contributed by atoms with Gasteiger partial charge in [0.2, 0.25) is 0 Å². The number of esters is 1. The molecule has 0 radical (unpaired) electrons. The summed E-state index contributed by atoms with van der Waals surface area (Å²) in [5.41, 5.74) is -0.858. The molecule has 0 amide bonds. The number of cyclic esters (lactones) is 1. The molecule has 1 aromatic carbocycles. The molecule has 2 bridgehead atoms. The number of hydrogen-bond acceptors (Lipinski definition) is 17. The second-order valence-corrected chi connectivity index (χ2v) is 18.5. The van der Waals surface area contributed by atoms with Crippen LogP contribution in [-0.2, 0) is 52.8 Å². The van der Waals surface area contributed by atoms with Gasteiger partial charge in [-0.2, -0.15) is 0 Å². The number of nitro benzene ring substituents is 1. The quantitative estimate of drug-likeness (QED) is 0.0978. The lowest BCUT2D eigenvalue weighted by molar-refractivity contribution is -0.384. The predicted octanol–water partition coefficient (Wildman–Crippen LogP) is 2.61. The number of carbonyl (C=O) groups is 2. The number of hydrogen-bond donors (Lipinski definition) is 4. The van der Waals surface area contributed by atoms with E-state index in [1.807, 2.05) is 32.0 Å². The predicted molar refractivity (Wildman–Crippen MR) is 228 cm³/mol. The Bertz CT molecular complexity index is 1910. The number of nitrogens with zero attached hydrogens (tertiary/aromatic N) is 6. The van der Waals surface area contributed by atoms with E-state index in [2.05, 4.69) is 20.8 Å². The molecule has 350 valence electrons. The van der Waals surface area contributed by atoms with E-state index in [4.69, 9.17) is 23.8 Å². The van der Waals surface area contributed by atoms with Crippen LogP contribution in [0.2, 0.25) is 0 Å². The van der Waals surface area contributed by atoms with Crippen molar-refractivity contribution in [3.63, 3.8) is 0 Å². The molecule has 6 rings (SSSR count). The van der Waals surface area contributed by atoms with E-state index >= 15 is 0 Å². The molecule has 0 aliphatic carbocycles. The average molecular weight is 886 g/mol. The van der Waals surface area contributed by atoms with Crippen LogP contribution in [0.4, 0.5) is 5.69 Å². The highest BCUT2D eigenvalue weighted by Gasteiger charge is 2.55. The molecule has 0 spiro atoms. The average Bonchev–Trinajstić information content (AvgIpc) is 4.05. The summed E-state index contributed by atoms with van der Waals surface area (Å²) in [7, 11) is 1.91. The Morgan fingerprint density at radius 2 is 1.84 bits per heavy atom. The Kier molecular flexibility index (Phi) is 15.8. The molecule has 4 N–H and O–H groups in total. The highest BCUT2D eigenvalue weighted by atomic mass is 16.7. The first-order chi connectivity index (χ1) is 29.8. The molecule has 5 heterocycles. The number of oxime groups is 1. The highest BCUT2D eigenvalue weighted by molar-refractivity contribution is 6.00. The number of likely N-dealkylation sites (N-methyl/N-ethyl adjacent to an activating group) is 1. The normalized spacial score (nSPS) is 37.6. The van der Waals surface area contributed by atoms with Crippen LogP contribution in [-0.4, -0.2) is 151 Å². The van der Waals surface area contributed by atoms with E-state index in [0.717, 1.165) is 24.2 Å². The van der Waals surface area contributed by atoms with Gasteiger partial charge in [-0.15, -0.1) is 5.10 Å². The van der Waals surface area contributed by atoms with Gasteiger partial charge < -0.3 is 49.3 Å². The monoisotopic (exact) mass is 885 g/mol. The number of ether oxygens (including phenoxy) is 4. The van der Waals surface area contributed by atoms with Gasteiger partial charge >= 0.3 is 5.97 Å². The van der Waals surface area contributed by atoms with Crippen molar-refractivity contribution in [2.75, 3.05) is 33.3 Å². The van der Waals surface area contributed by atoms with Gasteiger partial charge in [-0.3, -0.25) is 24.4 Å². The smallest absolute Gasteiger partial charge is 0.316 e. The van der Waals surface area contributed by atoms with Crippen LogP contribution in [0, 0.1) is 33.8 Å². The Balaban J connectivity index is 1.19. The van der Waals surface area contributed by atoms with Crippen molar-refractivity contribution < 1.29 is 53.6 Å². The number of ketones is 1. The molecule has 63 heavy (non-hydrogen) atoms. The number of non-ortho nitro benzene ring substituents is 1. The van der Waals surface area contributed by atoms with E-state index in [0.29, 0.717) is 44.6 Å². The largest absolute Gasteiger partial charge is 0.459 e. The third kappa shape index (κ3) is 11.1. The van der Waals surface area contributed by atoms with Crippen molar-refractivity contribution in [3.05, 3.63) is 51.8 Å². The van der Waals surface area contributed by atoms with Crippen LogP contribution in [0.15, 0.2) is 35.6 Å². The fourth-order valence-electron chi connectivity index (χ4n) is 9.61. The fourth-order valence-corrected chi connectivity index (χ4v) is 9.61. The Hall–Kier alpha value is -3.95. The van der Waals surface area contributed by atoms with E-state index in [1.165, 1.54) is 26.0 Å². The third-order valence-corrected chi connectivity index (χ3v) is 13.7. The minimum Gasteiger partial charge on any atom is -0.459 e. The fraction of sp³-hybridized carbons (Fsp3) is 0.750. The number of nitrogens with one attached hydrogen (secondary N) is 1. The lowest BCUT2D eigenvalue weighted by Gasteiger charge is -2.46. The van der Waals surface area contributed by atoms with E-state index in [1.54, 1.807) is 37.6 Å². The SMILES string of the molecule is CC[C@H]1OC(=O)[C@H](C)C(=O)[C@H](C)[C@@H](O[C@@H]2O[C@H](C)C[C@H](N(C)CCc3cn(CCc4ccc([N+](=O)[O-])cc4)nn3)[C@H]2O)[C@@]2(C)C[C@@H](CO2)/C(=N\O[C@@H]2CCNC2)[C@H](C)[C@@H](O)[C@]1(C)O. The molecule has 19 heteroatoms. The summed E-state index contributed by atoms with van der Waals surface area (Å²) in [6.45, 7) is 14.4. The van der Waals surface area contributed by atoms with E-state index < -0.39 is 88.3 Å². The second-order valence-electron chi connectivity index (χ2n) is 18.5. The van der Waals surface area contributed by atoms with Crippen molar-refractivity contribution in [3.8, 4) is 0 Å². The van der Waals surface area contributed by atoms with Crippen molar-refractivity contribution in [1.82, 2.24) is 25.2 Å². The molecule has 14 atom stereocenters. The van der Waals surface area contributed by atoms with Crippen molar-refractivity contribution >= 4 is 23.2 Å². The maximum atomic E-state index is 14.3. The Morgan fingerprint density at radius 3 is 2.51 bits per heavy atom. The second kappa shape index (κ2) is 20.5. The first kappa shape index (κ1) is 48.5. The molecule has 0 saturated carbocycles. The van der Waals surface area contributed by atoms with Crippen LogP contribution in [0.5, 0.6) is 0 Å². The number of aliphatic hydroxyl groups excluding tert-OH is 2. The molecule has 1 aromatic heterocycles. The summed E-state index contributed by atoms with van der Waals surface area (Å²) in [5.74, 6) is -4.70. The van der Waals surface area contributed by atoms with Crippen LogP contribution in [0.3, 0.4) is 0 Å². The van der Waals surface area contributed by atoms with Crippen molar-refractivity contribution in [1.29, 1.82) is 0 Å². The number of aliphatic hydroxyl groups is 3. The Labute approximate surface area is 368 Å². The van der Waals surface area contributed by atoms with Gasteiger partial charge in [-0.1, -0.05) is 43.3 Å². The lowest BCUT2D eigenvalue weighted by atomic mass is 9.75. The van der Waals surface area contributed by atoms with Crippen LogP contribution < -0.4 is 5.32 Å². The zero-order chi connectivity index (χ0) is 45.8. The maximum Gasteiger partial charge on any atom is 0.316 e. The number of carbonyl (C=O) groups excluding carboxylic acids is 2. The van der Waals surface area contributed by atoms with Gasteiger partial charge in [0.05, 0.1) is 46.8 Å². The number of Topliss-reactive ketones (excluding diaryl/α,β-unsaturated/α-hetero) is 1. The zero-order valence-electron chi connectivity index (χ0n) is 37.8. The van der Waals surface area contributed by atoms with Gasteiger partial charge in [0.15, 0.2) is 12.1 Å². The molecule has 4 saturated heterocycles. The molecule has 4 aliphatic rings. The zero-order valence-corrected chi connectivity index (χ0v) is 37.8. The van der Waals surface area contributed by atoms with Gasteiger partial charge in [0.25, 0.3) is 5.69 Å². The summed E-state index contributed by atoms with van der Waals surface area (Å²) < 4.78 is 27.2. The number of aryl methyl sites for hydroxylation is 2. The minimum atomic E-state index is -1.90. The summed E-state index contributed by atoms with van der Waals surface area (Å²) in [6, 6.07) is 6.03. The van der Waals surface area contributed by atoms with Gasteiger partial charge in [0.1, 0.15) is 29.8 Å².